The minimum Gasteiger partial charge on any atom is -0.365 e. The molecule has 0 unspecified atom stereocenters. The minimum absolute atomic E-state index is 0.313. The van der Waals surface area contributed by atoms with Gasteiger partial charge < -0.3 is 5.32 Å². The van der Waals surface area contributed by atoms with Crippen LogP contribution in [0.25, 0.3) is 0 Å². The van der Waals surface area contributed by atoms with Crippen LogP contribution in [0.4, 0.5) is 5.82 Å². The van der Waals surface area contributed by atoms with Crippen LogP contribution in [-0.4, -0.2) is 16.0 Å². The number of hydrogen-bond donors (Lipinski definition) is 1. The topological polar surface area (TPSA) is 61.6 Å². The molecule has 1 aromatic rings. The molecule has 2 fully saturated rings. The van der Waals surface area contributed by atoms with E-state index in [4.69, 9.17) is 4.98 Å². The average Bonchev–Trinajstić information content (AvgIpc) is 3.18. The summed E-state index contributed by atoms with van der Waals surface area (Å²) in [5.74, 6) is 1.24. The Morgan fingerprint density at radius 3 is 2.36 bits per heavy atom. The van der Waals surface area contributed by atoms with Crippen LogP contribution >= 0.6 is 0 Å². The van der Waals surface area contributed by atoms with Crippen molar-refractivity contribution in [1.82, 2.24) is 9.97 Å². The molecule has 0 saturated heterocycles. The van der Waals surface area contributed by atoms with Crippen LogP contribution in [-0.2, 0) is 0 Å². The summed E-state index contributed by atoms with van der Waals surface area (Å²) in [6.07, 6.45) is 7.62. The largest absolute Gasteiger partial charge is 0.365 e. The number of rotatable bonds is 3. The molecule has 0 aromatic carbocycles. The van der Waals surface area contributed by atoms with Gasteiger partial charge in [0.05, 0.1) is 11.9 Å². The summed E-state index contributed by atoms with van der Waals surface area (Å²) in [6, 6.07) is 2.53. The lowest BCUT2D eigenvalue weighted by atomic mass is 9.63. The number of nitrogens with zero attached hydrogens (tertiary/aromatic N) is 3. The van der Waals surface area contributed by atoms with Crippen LogP contribution in [0, 0.1) is 22.2 Å². The van der Waals surface area contributed by atoms with Gasteiger partial charge in [-0.2, -0.15) is 5.26 Å². The van der Waals surface area contributed by atoms with Crippen molar-refractivity contribution in [2.75, 3.05) is 5.32 Å². The molecule has 1 heterocycles. The van der Waals surface area contributed by atoms with Gasteiger partial charge in [0, 0.05) is 12.0 Å². The average molecular weight is 298 g/mol. The second kappa shape index (κ2) is 5.22. The first kappa shape index (κ1) is 15.3. The first-order valence-electron chi connectivity index (χ1n) is 8.32. The summed E-state index contributed by atoms with van der Waals surface area (Å²) >= 11 is 0. The molecule has 4 heteroatoms. The van der Waals surface area contributed by atoms with E-state index >= 15 is 0 Å². The first-order chi connectivity index (χ1) is 10.3. The molecule has 0 bridgehead atoms. The van der Waals surface area contributed by atoms with Crippen LogP contribution < -0.4 is 5.32 Å². The molecule has 2 saturated carbocycles. The van der Waals surface area contributed by atoms with Crippen molar-refractivity contribution in [3.05, 3.63) is 17.6 Å². The monoisotopic (exact) mass is 298 g/mol. The normalized spacial score (nSPS) is 23.8. The lowest BCUT2D eigenvalue weighted by Gasteiger charge is -2.45. The van der Waals surface area contributed by atoms with Gasteiger partial charge in [-0.05, 0) is 42.9 Å². The van der Waals surface area contributed by atoms with E-state index < -0.39 is 0 Å². The van der Waals surface area contributed by atoms with Crippen molar-refractivity contribution in [3.8, 4) is 6.07 Å². The summed E-state index contributed by atoms with van der Waals surface area (Å²) in [7, 11) is 0. The molecule has 2 aliphatic carbocycles. The number of anilines is 1. The standard InChI is InChI=1S/C18H26N4/c1-17(2)7-13(8-18(3,4)11-17)21-16-14(9-19)20-10-15(22-16)12-5-6-12/h10,12-13H,5-8,11H2,1-4H3,(H,21,22). The van der Waals surface area contributed by atoms with Gasteiger partial charge in [-0.15, -0.1) is 0 Å². The Morgan fingerprint density at radius 2 is 1.82 bits per heavy atom. The van der Waals surface area contributed by atoms with Crippen molar-refractivity contribution in [2.24, 2.45) is 10.8 Å². The maximum Gasteiger partial charge on any atom is 0.183 e. The summed E-state index contributed by atoms with van der Waals surface area (Å²) in [5.41, 5.74) is 2.09. The van der Waals surface area contributed by atoms with Gasteiger partial charge >= 0.3 is 0 Å². The van der Waals surface area contributed by atoms with Crippen LogP contribution in [0.3, 0.4) is 0 Å². The molecule has 0 spiro atoms. The molecule has 1 aromatic heterocycles. The van der Waals surface area contributed by atoms with Crippen LogP contribution in [0.1, 0.15) is 77.1 Å². The minimum atomic E-state index is 0.313. The Hall–Kier alpha value is -1.63. The van der Waals surface area contributed by atoms with E-state index in [9.17, 15) is 5.26 Å². The first-order valence-corrected chi connectivity index (χ1v) is 8.32. The van der Waals surface area contributed by atoms with E-state index in [-0.39, 0.29) is 0 Å². The zero-order valence-corrected chi connectivity index (χ0v) is 14.1. The highest BCUT2D eigenvalue weighted by Crippen LogP contribution is 2.46. The van der Waals surface area contributed by atoms with Gasteiger partial charge in [0.1, 0.15) is 6.07 Å². The SMILES string of the molecule is CC1(C)CC(Nc2nc(C3CC3)cnc2C#N)CC(C)(C)C1. The lowest BCUT2D eigenvalue weighted by Crippen LogP contribution is -2.40. The number of nitriles is 1. The van der Waals surface area contributed by atoms with E-state index in [0.29, 0.717) is 34.3 Å². The fourth-order valence-corrected chi connectivity index (χ4v) is 4.30. The molecule has 2 aliphatic rings. The van der Waals surface area contributed by atoms with Gasteiger partial charge in [0.2, 0.25) is 0 Å². The van der Waals surface area contributed by atoms with Crippen molar-refractivity contribution < 1.29 is 0 Å². The molecule has 0 aliphatic heterocycles. The quantitative estimate of drug-likeness (QED) is 0.906. The van der Waals surface area contributed by atoms with Gasteiger partial charge in [-0.25, -0.2) is 9.97 Å². The van der Waals surface area contributed by atoms with Gasteiger partial charge in [0.15, 0.2) is 11.5 Å². The molecule has 0 amide bonds. The lowest BCUT2D eigenvalue weighted by molar-refractivity contribution is 0.105. The summed E-state index contributed by atoms with van der Waals surface area (Å²) in [4.78, 5) is 9.01. The van der Waals surface area contributed by atoms with Crippen molar-refractivity contribution in [2.45, 2.75) is 71.8 Å². The van der Waals surface area contributed by atoms with Gasteiger partial charge in [-0.3, -0.25) is 0 Å². The molecular formula is C18H26N4. The summed E-state index contributed by atoms with van der Waals surface area (Å²) in [6.45, 7) is 9.33. The number of aromatic nitrogens is 2. The van der Waals surface area contributed by atoms with Crippen molar-refractivity contribution >= 4 is 5.82 Å². The number of nitrogens with one attached hydrogen (secondary N) is 1. The fraction of sp³-hybridized carbons (Fsp3) is 0.722. The highest BCUT2D eigenvalue weighted by molar-refractivity contribution is 5.49. The Labute approximate surface area is 133 Å². The predicted molar refractivity (Wildman–Crippen MR) is 87.5 cm³/mol. The van der Waals surface area contributed by atoms with E-state index in [1.165, 1.54) is 19.3 Å². The fourth-order valence-electron chi connectivity index (χ4n) is 4.30. The third-order valence-electron chi connectivity index (χ3n) is 4.79. The molecule has 3 rings (SSSR count). The van der Waals surface area contributed by atoms with Crippen LogP contribution in [0.2, 0.25) is 0 Å². The summed E-state index contributed by atoms with van der Waals surface area (Å²) in [5, 5.41) is 12.8. The predicted octanol–water partition coefficient (Wildman–Crippen LogP) is 4.24. The molecule has 22 heavy (non-hydrogen) atoms. The third-order valence-corrected chi connectivity index (χ3v) is 4.79. The third kappa shape index (κ3) is 3.40. The number of hydrogen-bond acceptors (Lipinski definition) is 4. The van der Waals surface area contributed by atoms with Crippen LogP contribution in [0.15, 0.2) is 6.20 Å². The highest BCUT2D eigenvalue weighted by Gasteiger charge is 2.38. The zero-order chi connectivity index (χ0) is 16.0. The van der Waals surface area contributed by atoms with Gasteiger partial charge in [-0.1, -0.05) is 27.7 Å². The maximum absolute atomic E-state index is 9.31. The van der Waals surface area contributed by atoms with Gasteiger partial charge in [0.25, 0.3) is 0 Å². The zero-order valence-electron chi connectivity index (χ0n) is 14.1. The van der Waals surface area contributed by atoms with Crippen molar-refractivity contribution in [3.63, 3.8) is 0 Å². The summed E-state index contributed by atoms with van der Waals surface area (Å²) < 4.78 is 0. The van der Waals surface area contributed by atoms with E-state index in [1.54, 1.807) is 6.20 Å². The smallest absolute Gasteiger partial charge is 0.183 e. The second-order valence-electron chi connectivity index (χ2n) is 8.63. The molecule has 1 N–H and O–H groups in total. The van der Waals surface area contributed by atoms with Crippen LogP contribution in [0.5, 0.6) is 0 Å². The highest BCUT2D eigenvalue weighted by atomic mass is 15.1. The molecule has 0 atom stereocenters. The van der Waals surface area contributed by atoms with E-state index in [1.807, 2.05) is 0 Å². The molecule has 4 nitrogen and oxygen atoms in total. The molecular weight excluding hydrogens is 272 g/mol. The Kier molecular flexibility index (Phi) is 3.63. The second-order valence-corrected chi connectivity index (χ2v) is 8.63. The molecule has 118 valence electrons. The Balaban J connectivity index is 1.82. The van der Waals surface area contributed by atoms with E-state index in [2.05, 4.69) is 44.1 Å². The maximum atomic E-state index is 9.31. The molecule has 0 radical (unpaired) electrons. The Morgan fingerprint density at radius 1 is 1.18 bits per heavy atom. The van der Waals surface area contributed by atoms with Crippen molar-refractivity contribution in [1.29, 1.82) is 5.26 Å². The van der Waals surface area contributed by atoms with E-state index in [0.717, 1.165) is 18.5 Å². The Bertz CT molecular complexity index is 592.